The van der Waals surface area contributed by atoms with Crippen molar-refractivity contribution < 1.29 is 9.53 Å². The molecule has 0 aliphatic carbocycles. The van der Waals surface area contributed by atoms with Gasteiger partial charge in [0, 0.05) is 28.3 Å². The molecule has 27 heavy (non-hydrogen) atoms. The smallest absolute Gasteiger partial charge is 0.278 e. The maximum Gasteiger partial charge on any atom is 0.278 e. The lowest BCUT2D eigenvalue weighted by Gasteiger charge is -2.08. The van der Waals surface area contributed by atoms with Crippen LogP contribution in [-0.4, -0.2) is 16.1 Å². The molecule has 3 aromatic rings. The van der Waals surface area contributed by atoms with Gasteiger partial charge in [-0.05, 0) is 35.4 Å². The molecule has 0 aliphatic rings. The predicted molar refractivity (Wildman–Crippen MR) is 112 cm³/mol. The van der Waals surface area contributed by atoms with Crippen LogP contribution in [0.1, 0.15) is 25.0 Å². The Morgan fingerprint density at radius 2 is 1.81 bits per heavy atom. The minimum atomic E-state index is 0.0161. The van der Waals surface area contributed by atoms with E-state index in [1.54, 1.807) is 6.20 Å². The zero-order valence-electron chi connectivity index (χ0n) is 15.3. The Labute approximate surface area is 168 Å². The number of aromatic nitrogens is 1. The number of hydrogen-bond donors (Lipinski definition) is 1. The monoisotopic (exact) mass is 398 g/mol. The zero-order valence-corrected chi connectivity index (χ0v) is 17.0. The SMILES string of the molecule is CC(C)Sc1ccc(CC(=O)NCc2ccc(Oc3nccs3)cc2)cc1. The molecular formula is C21H22N2O2S2. The van der Waals surface area contributed by atoms with Gasteiger partial charge < -0.3 is 10.1 Å². The van der Waals surface area contributed by atoms with Crippen molar-refractivity contribution in [1.82, 2.24) is 10.3 Å². The summed E-state index contributed by atoms with van der Waals surface area (Å²) < 4.78 is 5.63. The lowest BCUT2D eigenvalue weighted by atomic mass is 10.1. The Balaban J connectivity index is 1.46. The fourth-order valence-electron chi connectivity index (χ4n) is 2.44. The number of thiazole rings is 1. The van der Waals surface area contributed by atoms with Crippen LogP contribution in [0, 0.1) is 0 Å². The van der Waals surface area contributed by atoms with Crippen molar-refractivity contribution in [3.63, 3.8) is 0 Å². The van der Waals surface area contributed by atoms with Gasteiger partial charge in [0.25, 0.3) is 5.19 Å². The van der Waals surface area contributed by atoms with Crippen molar-refractivity contribution in [2.24, 2.45) is 0 Å². The maximum absolute atomic E-state index is 12.2. The first kappa shape index (κ1) is 19.5. The summed E-state index contributed by atoms with van der Waals surface area (Å²) in [6.45, 7) is 4.84. The van der Waals surface area contributed by atoms with Crippen LogP contribution in [0.3, 0.4) is 0 Å². The van der Waals surface area contributed by atoms with Crippen LogP contribution in [0.4, 0.5) is 0 Å². The van der Waals surface area contributed by atoms with Gasteiger partial charge in [0.1, 0.15) is 5.75 Å². The molecule has 0 saturated heterocycles. The van der Waals surface area contributed by atoms with Gasteiger partial charge in [-0.15, -0.1) is 11.8 Å². The number of carbonyl (C=O) groups excluding carboxylic acids is 1. The van der Waals surface area contributed by atoms with Crippen LogP contribution in [0.25, 0.3) is 0 Å². The molecule has 0 atom stereocenters. The molecule has 0 saturated carbocycles. The molecule has 2 aromatic carbocycles. The van der Waals surface area contributed by atoms with Crippen LogP contribution in [-0.2, 0) is 17.8 Å². The molecule has 0 aliphatic heterocycles. The van der Waals surface area contributed by atoms with Gasteiger partial charge in [0.05, 0.1) is 6.42 Å². The summed E-state index contributed by atoms with van der Waals surface area (Å²) in [5.41, 5.74) is 2.05. The molecular weight excluding hydrogens is 376 g/mol. The standard InChI is InChI=1S/C21H22N2O2S2/c1-15(2)27-19-9-5-16(6-10-19)13-20(24)23-14-17-3-7-18(8-4-17)25-21-22-11-12-26-21/h3-12,15H,13-14H2,1-2H3,(H,23,24). The van der Waals surface area contributed by atoms with Crippen LogP contribution in [0.15, 0.2) is 65.0 Å². The minimum absolute atomic E-state index is 0.0161. The lowest BCUT2D eigenvalue weighted by Crippen LogP contribution is -2.24. The molecule has 4 nitrogen and oxygen atoms in total. The highest BCUT2D eigenvalue weighted by atomic mass is 32.2. The molecule has 3 rings (SSSR count). The van der Waals surface area contributed by atoms with Crippen molar-refractivity contribution in [2.75, 3.05) is 0 Å². The van der Waals surface area contributed by atoms with E-state index in [1.807, 2.05) is 53.5 Å². The van der Waals surface area contributed by atoms with Gasteiger partial charge in [-0.2, -0.15) is 0 Å². The number of hydrogen-bond acceptors (Lipinski definition) is 5. The summed E-state index contributed by atoms with van der Waals surface area (Å²) in [4.78, 5) is 17.5. The fourth-order valence-corrected chi connectivity index (χ4v) is 3.79. The van der Waals surface area contributed by atoms with E-state index in [1.165, 1.54) is 16.2 Å². The maximum atomic E-state index is 12.2. The Morgan fingerprint density at radius 3 is 2.44 bits per heavy atom. The van der Waals surface area contributed by atoms with Gasteiger partial charge in [0.2, 0.25) is 5.91 Å². The van der Waals surface area contributed by atoms with E-state index in [2.05, 4.69) is 36.3 Å². The van der Waals surface area contributed by atoms with Gasteiger partial charge in [-0.3, -0.25) is 4.79 Å². The third-order valence-electron chi connectivity index (χ3n) is 3.69. The van der Waals surface area contributed by atoms with Gasteiger partial charge in [0.15, 0.2) is 0 Å². The van der Waals surface area contributed by atoms with E-state index >= 15 is 0 Å². The number of amides is 1. The molecule has 1 amide bonds. The normalized spacial score (nSPS) is 10.8. The predicted octanol–water partition coefficient (Wildman–Crippen LogP) is 5.29. The molecule has 0 radical (unpaired) electrons. The van der Waals surface area contributed by atoms with E-state index in [0.717, 1.165) is 16.9 Å². The number of nitrogens with one attached hydrogen (secondary N) is 1. The lowest BCUT2D eigenvalue weighted by molar-refractivity contribution is -0.120. The van der Waals surface area contributed by atoms with Crippen molar-refractivity contribution in [3.05, 3.63) is 71.2 Å². The van der Waals surface area contributed by atoms with E-state index < -0.39 is 0 Å². The van der Waals surface area contributed by atoms with Gasteiger partial charge in [-0.25, -0.2) is 4.98 Å². The molecule has 140 valence electrons. The van der Waals surface area contributed by atoms with Gasteiger partial charge in [-0.1, -0.05) is 49.4 Å². The Kier molecular flexibility index (Phi) is 6.90. The number of carbonyl (C=O) groups is 1. The van der Waals surface area contributed by atoms with Crippen molar-refractivity contribution >= 4 is 29.0 Å². The second kappa shape index (κ2) is 9.58. The van der Waals surface area contributed by atoms with E-state index in [0.29, 0.717) is 23.4 Å². The highest BCUT2D eigenvalue weighted by molar-refractivity contribution is 7.99. The van der Waals surface area contributed by atoms with E-state index in [-0.39, 0.29) is 5.91 Å². The van der Waals surface area contributed by atoms with Crippen molar-refractivity contribution in [3.8, 4) is 10.9 Å². The first-order valence-corrected chi connectivity index (χ1v) is 10.5. The summed E-state index contributed by atoms with van der Waals surface area (Å²) in [7, 11) is 0. The third-order valence-corrected chi connectivity index (χ3v) is 5.35. The van der Waals surface area contributed by atoms with E-state index in [9.17, 15) is 4.79 Å². The summed E-state index contributed by atoms with van der Waals surface area (Å²) in [5.74, 6) is 0.752. The third kappa shape index (κ3) is 6.41. The molecule has 0 bridgehead atoms. The summed E-state index contributed by atoms with van der Waals surface area (Å²) in [5, 5.41) is 6.01. The average Bonchev–Trinajstić information content (AvgIpc) is 3.15. The first-order chi connectivity index (χ1) is 13.1. The molecule has 0 unspecified atom stereocenters. The van der Waals surface area contributed by atoms with Gasteiger partial charge >= 0.3 is 0 Å². The molecule has 1 aromatic heterocycles. The largest absolute Gasteiger partial charge is 0.431 e. The van der Waals surface area contributed by atoms with E-state index in [4.69, 9.17) is 4.74 Å². The molecule has 1 N–H and O–H groups in total. The second-order valence-corrected chi connectivity index (χ2v) is 8.82. The quantitative estimate of drug-likeness (QED) is 0.524. The number of rotatable bonds is 8. The number of ether oxygens (including phenoxy) is 1. The number of nitrogens with zero attached hydrogens (tertiary/aromatic N) is 1. The second-order valence-electron chi connectivity index (χ2n) is 6.31. The highest BCUT2D eigenvalue weighted by Crippen LogP contribution is 2.24. The molecule has 0 fully saturated rings. The Morgan fingerprint density at radius 1 is 1.11 bits per heavy atom. The summed E-state index contributed by atoms with van der Waals surface area (Å²) in [6, 6.07) is 15.9. The van der Waals surface area contributed by atoms with Crippen molar-refractivity contribution in [2.45, 2.75) is 37.0 Å². The fraction of sp³-hybridized carbons (Fsp3) is 0.238. The molecule has 0 spiro atoms. The number of thioether (sulfide) groups is 1. The molecule has 6 heteroatoms. The topological polar surface area (TPSA) is 51.2 Å². The Bertz CT molecular complexity index is 845. The Hall–Kier alpha value is -2.31. The summed E-state index contributed by atoms with van der Waals surface area (Å²) in [6.07, 6.45) is 2.10. The average molecular weight is 399 g/mol. The van der Waals surface area contributed by atoms with Crippen molar-refractivity contribution in [1.29, 1.82) is 0 Å². The minimum Gasteiger partial charge on any atom is -0.431 e. The van der Waals surface area contributed by atoms with Crippen LogP contribution in [0.2, 0.25) is 0 Å². The zero-order chi connectivity index (χ0) is 19.1. The van der Waals surface area contributed by atoms with Crippen LogP contribution in [0.5, 0.6) is 10.9 Å². The molecule has 1 heterocycles. The highest BCUT2D eigenvalue weighted by Gasteiger charge is 2.05. The number of benzene rings is 2. The first-order valence-electron chi connectivity index (χ1n) is 8.77. The van der Waals surface area contributed by atoms with Crippen LogP contribution >= 0.6 is 23.1 Å². The van der Waals surface area contributed by atoms with Crippen LogP contribution < -0.4 is 10.1 Å². The summed E-state index contributed by atoms with van der Waals surface area (Å²) >= 11 is 3.27.